The highest BCUT2D eigenvalue weighted by Crippen LogP contribution is 2.29. The molecular weight excluding hydrogens is 311 g/mol. The number of piperidine rings is 1. The van der Waals surface area contributed by atoms with Gasteiger partial charge in [0.1, 0.15) is 12.4 Å². The third kappa shape index (κ3) is 4.02. The molecule has 2 unspecified atom stereocenters. The number of nitrogens with one attached hydrogen (secondary N) is 2. The average molecular weight is 331 g/mol. The molecule has 0 aromatic heterocycles. The van der Waals surface area contributed by atoms with Crippen LogP contribution < -0.4 is 15.4 Å². The zero-order chi connectivity index (χ0) is 13.9. The second-order valence-electron chi connectivity index (χ2n) is 5.52. The number of carbonyl (C=O) groups excluding carboxylic acids is 1. The van der Waals surface area contributed by atoms with Gasteiger partial charge in [-0.25, -0.2) is 0 Å². The molecule has 116 valence electrons. The van der Waals surface area contributed by atoms with Gasteiger partial charge in [-0.2, -0.15) is 0 Å². The van der Waals surface area contributed by atoms with E-state index < -0.39 is 0 Å². The molecule has 2 heterocycles. The molecule has 1 fully saturated rings. The molecule has 21 heavy (non-hydrogen) atoms. The summed E-state index contributed by atoms with van der Waals surface area (Å²) in [4.78, 5) is 12.3. The van der Waals surface area contributed by atoms with Crippen LogP contribution in [-0.4, -0.2) is 31.6 Å². The van der Waals surface area contributed by atoms with Gasteiger partial charge in [-0.15, -0.1) is 12.4 Å². The maximum Gasteiger partial charge on any atom is 0.227 e. The molecule has 0 aliphatic carbocycles. The number of hydrogen-bond acceptors (Lipinski definition) is 3. The highest BCUT2D eigenvalue weighted by Gasteiger charge is 2.28. The molecule has 4 nitrogen and oxygen atoms in total. The van der Waals surface area contributed by atoms with Gasteiger partial charge in [0.25, 0.3) is 0 Å². The molecule has 0 spiro atoms. The van der Waals surface area contributed by atoms with Gasteiger partial charge in [0, 0.05) is 17.6 Å². The molecule has 1 saturated heterocycles. The minimum absolute atomic E-state index is 0. The first kappa shape index (κ1) is 16.4. The number of halogens is 2. The summed E-state index contributed by atoms with van der Waals surface area (Å²) < 4.78 is 5.67. The van der Waals surface area contributed by atoms with Crippen molar-refractivity contribution >= 4 is 29.9 Å². The van der Waals surface area contributed by atoms with E-state index in [1.807, 2.05) is 18.2 Å². The Morgan fingerprint density at radius 1 is 1.43 bits per heavy atom. The number of amides is 1. The fourth-order valence-electron chi connectivity index (χ4n) is 2.83. The summed E-state index contributed by atoms with van der Waals surface area (Å²) in [7, 11) is 0. The Bertz CT molecular complexity index is 504. The van der Waals surface area contributed by atoms with Crippen molar-refractivity contribution in [1.82, 2.24) is 10.6 Å². The molecule has 1 aromatic rings. The summed E-state index contributed by atoms with van der Waals surface area (Å²) in [5, 5.41) is 7.11. The summed E-state index contributed by atoms with van der Waals surface area (Å²) in [6.07, 6.45) is 2.86. The topological polar surface area (TPSA) is 50.4 Å². The Morgan fingerprint density at radius 2 is 2.29 bits per heavy atom. The summed E-state index contributed by atoms with van der Waals surface area (Å²) >= 11 is 6.00. The predicted molar refractivity (Wildman–Crippen MR) is 85.4 cm³/mol. The number of hydrogen-bond donors (Lipinski definition) is 2. The molecule has 0 radical (unpaired) electrons. The first-order valence-electron chi connectivity index (χ1n) is 7.14. The Balaban J connectivity index is 0.00000161. The summed E-state index contributed by atoms with van der Waals surface area (Å²) in [6.45, 7) is 2.35. The van der Waals surface area contributed by atoms with Gasteiger partial charge in [0.15, 0.2) is 0 Å². The largest absolute Gasteiger partial charge is 0.492 e. The highest BCUT2D eigenvalue weighted by molar-refractivity contribution is 6.30. The number of rotatable bonds is 2. The van der Waals surface area contributed by atoms with E-state index in [-0.39, 0.29) is 30.3 Å². The lowest BCUT2D eigenvalue weighted by molar-refractivity contribution is -0.127. The maximum absolute atomic E-state index is 12.3. The summed E-state index contributed by atoms with van der Waals surface area (Å²) in [6, 6.07) is 5.82. The third-order valence-electron chi connectivity index (χ3n) is 3.94. The Morgan fingerprint density at radius 3 is 3.05 bits per heavy atom. The van der Waals surface area contributed by atoms with Crippen LogP contribution in [0.2, 0.25) is 5.02 Å². The van der Waals surface area contributed by atoms with Crippen LogP contribution in [0.25, 0.3) is 0 Å². The van der Waals surface area contributed by atoms with Gasteiger partial charge in [-0.05, 0) is 49.6 Å². The SMILES string of the molecule is Cl.O=C(NC1CCCNC1)C1COc2ccc(Cl)cc2C1. The van der Waals surface area contributed by atoms with Crippen LogP contribution in [0.15, 0.2) is 18.2 Å². The molecular formula is C15H20Cl2N2O2. The van der Waals surface area contributed by atoms with E-state index in [0.717, 1.165) is 37.2 Å². The normalized spacial score (nSPS) is 24.2. The van der Waals surface area contributed by atoms with Gasteiger partial charge in [0.2, 0.25) is 5.91 Å². The van der Waals surface area contributed by atoms with Gasteiger partial charge >= 0.3 is 0 Å². The van der Waals surface area contributed by atoms with E-state index >= 15 is 0 Å². The molecule has 2 aliphatic heterocycles. The fraction of sp³-hybridized carbons (Fsp3) is 0.533. The molecule has 0 saturated carbocycles. The standard InChI is InChI=1S/C15H19ClN2O2.ClH/c16-12-3-4-14-10(7-12)6-11(9-20-14)15(19)18-13-2-1-5-17-8-13;/h3-4,7,11,13,17H,1-2,5-6,8-9H2,(H,18,19);1H. The minimum atomic E-state index is -0.122. The summed E-state index contributed by atoms with van der Waals surface area (Å²) in [5.41, 5.74) is 1.02. The van der Waals surface area contributed by atoms with Crippen molar-refractivity contribution in [2.45, 2.75) is 25.3 Å². The summed E-state index contributed by atoms with van der Waals surface area (Å²) in [5.74, 6) is 0.810. The Hall–Kier alpha value is -0.970. The van der Waals surface area contributed by atoms with Crippen LogP contribution in [0.5, 0.6) is 5.75 Å². The van der Waals surface area contributed by atoms with E-state index in [9.17, 15) is 4.79 Å². The molecule has 2 N–H and O–H groups in total. The van der Waals surface area contributed by atoms with Crippen molar-refractivity contribution in [3.8, 4) is 5.75 Å². The van der Waals surface area contributed by atoms with E-state index in [2.05, 4.69) is 10.6 Å². The van der Waals surface area contributed by atoms with Crippen LogP contribution >= 0.6 is 24.0 Å². The van der Waals surface area contributed by atoms with Crippen molar-refractivity contribution in [3.63, 3.8) is 0 Å². The lowest BCUT2D eigenvalue weighted by atomic mass is 9.95. The lowest BCUT2D eigenvalue weighted by Gasteiger charge is -2.28. The van der Waals surface area contributed by atoms with Crippen molar-refractivity contribution in [1.29, 1.82) is 0 Å². The molecule has 2 aliphatic rings. The quantitative estimate of drug-likeness (QED) is 0.873. The Kier molecular flexibility index (Phi) is 5.73. The van der Waals surface area contributed by atoms with Gasteiger partial charge in [-0.1, -0.05) is 11.6 Å². The number of carbonyl (C=O) groups is 1. The maximum atomic E-state index is 12.3. The molecule has 6 heteroatoms. The van der Waals surface area contributed by atoms with Crippen molar-refractivity contribution < 1.29 is 9.53 Å². The van der Waals surface area contributed by atoms with Crippen LogP contribution in [0.4, 0.5) is 0 Å². The zero-order valence-corrected chi connectivity index (χ0v) is 13.3. The molecule has 1 amide bonds. The van der Waals surface area contributed by atoms with Crippen LogP contribution in [0.1, 0.15) is 18.4 Å². The van der Waals surface area contributed by atoms with E-state index in [4.69, 9.17) is 16.3 Å². The first-order chi connectivity index (χ1) is 9.72. The van der Waals surface area contributed by atoms with E-state index in [1.165, 1.54) is 0 Å². The minimum Gasteiger partial charge on any atom is -0.492 e. The van der Waals surface area contributed by atoms with Crippen LogP contribution in [-0.2, 0) is 11.2 Å². The second kappa shape index (κ2) is 7.34. The van der Waals surface area contributed by atoms with Crippen LogP contribution in [0, 0.1) is 5.92 Å². The lowest BCUT2D eigenvalue weighted by Crippen LogP contribution is -2.49. The third-order valence-corrected chi connectivity index (χ3v) is 4.18. The molecule has 1 aromatic carbocycles. The van der Waals surface area contributed by atoms with Gasteiger partial charge in [-0.3, -0.25) is 4.79 Å². The van der Waals surface area contributed by atoms with Gasteiger partial charge < -0.3 is 15.4 Å². The van der Waals surface area contributed by atoms with Crippen molar-refractivity contribution in [3.05, 3.63) is 28.8 Å². The van der Waals surface area contributed by atoms with Gasteiger partial charge in [0.05, 0.1) is 5.92 Å². The molecule has 0 bridgehead atoms. The van der Waals surface area contributed by atoms with E-state index in [1.54, 1.807) is 0 Å². The Labute approximate surface area is 136 Å². The van der Waals surface area contributed by atoms with E-state index in [0.29, 0.717) is 18.1 Å². The zero-order valence-electron chi connectivity index (χ0n) is 11.7. The van der Waals surface area contributed by atoms with Crippen molar-refractivity contribution in [2.24, 2.45) is 5.92 Å². The van der Waals surface area contributed by atoms with Crippen LogP contribution in [0.3, 0.4) is 0 Å². The highest BCUT2D eigenvalue weighted by atomic mass is 35.5. The average Bonchev–Trinajstić information content (AvgIpc) is 2.47. The predicted octanol–water partition coefficient (Wildman–Crippen LogP) is 2.18. The number of benzene rings is 1. The number of fused-ring (bicyclic) bond motifs is 1. The van der Waals surface area contributed by atoms with Crippen molar-refractivity contribution in [2.75, 3.05) is 19.7 Å². The smallest absolute Gasteiger partial charge is 0.227 e. The molecule has 2 atom stereocenters. The molecule has 3 rings (SSSR count). The first-order valence-corrected chi connectivity index (χ1v) is 7.52. The second-order valence-corrected chi connectivity index (χ2v) is 5.95. The number of ether oxygens (including phenoxy) is 1. The monoisotopic (exact) mass is 330 g/mol. The fourth-order valence-corrected chi connectivity index (χ4v) is 3.02.